The highest BCUT2D eigenvalue weighted by molar-refractivity contribution is 7.20. The van der Waals surface area contributed by atoms with Gasteiger partial charge in [-0.2, -0.15) is 4.52 Å². The van der Waals surface area contributed by atoms with E-state index in [2.05, 4.69) is 32.2 Å². The SMILES string of the molecule is Cc1cc(=O)n2nc(N3CCCC(C(=O)NCCCN(C)C4CCCCC4)C3)sc2n1. The van der Waals surface area contributed by atoms with Gasteiger partial charge >= 0.3 is 0 Å². The smallest absolute Gasteiger partial charge is 0.275 e. The second-order valence-electron chi connectivity index (χ2n) is 9.02. The first kappa shape index (κ1) is 22.2. The lowest BCUT2D eigenvalue weighted by atomic mass is 9.94. The third-order valence-corrected chi connectivity index (χ3v) is 7.58. The molecule has 3 heterocycles. The molecule has 31 heavy (non-hydrogen) atoms. The van der Waals surface area contributed by atoms with Crippen molar-refractivity contribution < 1.29 is 4.79 Å². The molecule has 2 aromatic rings. The molecule has 0 spiro atoms. The number of hydrogen-bond donors (Lipinski definition) is 1. The highest BCUT2D eigenvalue weighted by Gasteiger charge is 2.28. The number of nitrogens with zero attached hydrogens (tertiary/aromatic N) is 5. The molecule has 1 saturated heterocycles. The Morgan fingerprint density at radius 2 is 2.06 bits per heavy atom. The van der Waals surface area contributed by atoms with Crippen LogP contribution in [0.1, 0.15) is 57.1 Å². The van der Waals surface area contributed by atoms with Crippen LogP contribution in [0.3, 0.4) is 0 Å². The summed E-state index contributed by atoms with van der Waals surface area (Å²) in [5.74, 6) is 0.0977. The molecule has 1 N–H and O–H groups in total. The fourth-order valence-electron chi connectivity index (χ4n) is 4.79. The van der Waals surface area contributed by atoms with Crippen LogP contribution in [0.15, 0.2) is 10.9 Å². The molecule has 0 aromatic carbocycles. The van der Waals surface area contributed by atoms with Crippen LogP contribution in [0.2, 0.25) is 0 Å². The number of aryl methyl sites for hydroxylation is 1. The summed E-state index contributed by atoms with van der Waals surface area (Å²) in [4.78, 5) is 34.5. The summed E-state index contributed by atoms with van der Waals surface area (Å²) < 4.78 is 1.36. The molecule has 4 rings (SSSR count). The van der Waals surface area contributed by atoms with Crippen molar-refractivity contribution in [3.05, 3.63) is 22.1 Å². The standard InChI is InChI=1S/C22H34N6O2S/c1-16-14-19(29)28-21(24-16)31-22(25-28)27-13-6-8-17(15-27)20(30)23-11-7-12-26(2)18-9-4-3-5-10-18/h14,17-18H,3-13,15H2,1-2H3,(H,23,30). The maximum absolute atomic E-state index is 12.8. The normalized spacial score (nSPS) is 20.5. The Bertz CT molecular complexity index is 951. The number of fused-ring (bicyclic) bond motifs is 1. The van der Waals surface area contributed by atoms with E-state index in [4.69, 9.17) is 0 Å². The van der Waals surface area contributed by atoms with Crippen LogP contribution in [-0.4, -0.2) is 64.7 Å². The minimum absolute atomic E-state index is 0.0387. The first-order valence-electron chi connectivity index (χ1n) is 11.6. The van der Waals surface area contributed by atoms with Gasteiger partial charge in [-0.25, -0.2) is 4.98 Å². The van der Waals surface area contributed by atoms with Gasteiger partial charge in [0, 0.05) is 37.4 Å². The fraction of sp³-hybridized carbons (Fsp3) is 0.727. The molecule has 1 aliphatic carbocycles. The Labute approximate surface area is 187 Å². The molecular formula is C22H34N6O2S. The maximum atomic E-state index is 12.8. The molecule has 9 heteroatoms. The number of carbonyl (C=O) groups excluding carboxylic acids is 1. The van der Waals surface area contributed by atoms with E-state index < -0.39 is 0 Å². The van der Waals surface area contributed by atoms with Crippen molar-refractivity contribution >= 4 is 27.3 Å². The van der Waals surface area contributed by atoms with Crippen molar-refractivity contribution in [3.63, 3.8) is 0 Å². The molecule has 1 aliphatic heterocycles. The highest BCUT2D eigenvalue weighted by Crippen LogP contribution is 2.27. The molecular weight excluding hydrogens is 412 g/mol. The molecule has 0 radical (unpaired) electrons. The van der Waals surface area contributed by atoms with Crippen molar-refractivity contribution in [1.82, 2.24) is 24.8 Å². The van der Waals surface area contributed by atoms with E-state index >= 15 is 0 Å². The first-order chi connectivity index (χ1) is 15.0. The molecule has 2 fully saturated rings. The summed E-state index contributed by atoms with van der Waals surface area (Å²) in [7, 11) is 2.22. The Morgan fingerprint density at radius 1 is 1.26 bits per heavy atom. The predicted octanol–water partition coefficient (Wildman–Crippen LogP) is 2.45. The lowest BCUT2D eigenvalue weighted by Crippen LogP contribution is -2.44. The van der Waals surface area contributed by atoms with Crippen molar-refractivity contribution in [2.45, 2.75) is 64.3 Å². The zero-order valence-electron chi connectivity index (χ0n) is 18.7. The monoisotopic (exact) mass is 446 g/mol. The topological polar surface area (TPSA) is 82.8 Å². The minimum Gasteiger partial charge on any atom is -0.356 e. The Kier molecular flexibility index (Phi) is 7.22. The molecule has 1 atom stereocenters. The van der Waals surface area contributed by atoms with E-state index in [1.54, 1.807) is 0 Å². The van der Waals surface area contributed by atoms with Crippen LogP contribution in [0.25, 0.3) is 4.96 Å². The Hall–Kier alpha value is -2.00. The van der Waals surface area contributed by atoms with E-state index in [0.717, 1.165) is 50.1 Å². The van der Waals surface area contributed by atoms with E-state index in [1.165, 1.54) is 54.0 Å². The number of anilines is 1. The average Bonchev–Trinajstić information content (AvgIpc) is 3.21. The Balaban J connectivity index is 1.27. The van der Waals surface area contributed by atoms with Gasteiger partial charge < -0.3 is 15.1 Å². The summed E-state index contributed by atoms with van der Waals surface area (Å²) in [5.41, 5.74) is 0.541. The van der Waals surface area contributed by atoms with Crippen molar-refractivity contribution in [3.8, 4) is 0 Å². The van der Waals surface area contributed by atoms with Gasteiger partial charge in [0.2, 0.25) is 16.0 Å². The zero-order valence-corrected chi connectivity index (χ0v) is 19.5. The van der Waals surface area contributed by atoms with Crippen LogP contribution >= 0.6 is 11.3 Å². The van der Waals surface area contributed by atoms with Gasteiger partial charge in [-0.3, -0.25) is 9.59 Å². The Morgan fingerprint density at radius 3 is 2.87 bits per heavy atom. The van der Waals surface area contributed by atoms with Gasteiger partial charge in [-0.15, -0.1) is 5.10 Å². The molecule has 8 nitrogen and oxygen atoms in total. The molecule has 1 unspecified atom stereocenters. The highest BCUT2D eigenvalue weighted by atomic mass is 32.1. The predicted molar refractivity (Wildman–Crippen MR) is 124 cm³/mol. The summed E-state index contributed by atoms with van der Waals surface area (Å²) in [6, 6.07) is 2.21. The van der Waals surface area contributed by atoms with Crippen LogP contribution in [-0.2, 0) is 4.79 Å². The van der Waals surface area contributed by atoms with E-state index in [-0.39, 0.29) is 17.4 Å². The van der Waals surface area contributed by atoms with Crippen molar-refractivity contribution in [1.29, 1.82) is 0 Å². The van der Waals surface area contributed by atoms with Gasteiger partial charge in [-0.1, -0.05) is 30.6 Å². The van der Waals surface area contributed by atoms with Gasteiger partial charge in [0.05, 0.1) is 5.92 Å². The molecule has 0 bridgehead atoms. The second-order valence-corrected chi connectivity index (χ2v) is 9.95. The summed E-state index contributed by atoms with van der Waals surface area (Å²) >= 11 is 1.41. The van der Waals surface area contributed by atoms with E-state index in [0.29, 0.717) is 17.2 Å². The lowest BCUT2D eigenvalue weighted by molar-refractivity contribution is -0.125. The summed E-state index contributed by atoms with van der Waals surface area (Å²) in [5, 5.41) is 8.37. The molecule has 1 amide bonds. The number of rotatable bonds is 7. The third-order valence-electron chi connectivity index (χ3n) is 6.61. The molecule has 2 aromatic heterocycles. The van der Waals surface area contributed by atoms with Crippen molar-refractivity contribution in [2.24, 2.45) is 5.92 Å². The van der Waals surface area contributed by atoms with Crippen LogP contribution < -0.4 is 15.8 Å². The quantitative estimate of drug-likeness (QED) is 0.658. The van der Waals surface area contributed by atoms with Crippen molar-refractivity contribution in [2.75, 3.05) is 38.1 Å². The van der Waals surface area contributed by atoms with Crippen LogP contribution in [0.5, 0.6) is 0 Å². The van der Waals surface area contributed by atoms with Gasteiger partial charge in [0.1, 0.15) is 0 Å². The maximum Gasteiger partial charge on any atom is 0.275 e. The van der Waals surface area contributed by atoms with Gasteiger partial charge in [0.15, 0.2) is 0 Å². The zero-order chi connectivity index (χ0) is 21.8. The van der Waals surface area contributed by atoms with Gasteiger partial charge in [0.25, 0.3) is 5.56 Å². The van der Waals surface area contributed by atoms with E-state index in [1.807, 2.05) is 6.92 Å². The molecule has 170 valence electrons. The fourth-order valence-corrected chi connectivity index (χ4v) is 5.78. The number of amides is 1. The number of carbonyl (C=O) groups is 1. The summed E-state index contributed by atoms with van der Waals surface area (Å²) in [6.07, 6.45) is 9.53. The summed E-state index contributed by atoms with van der Waals surface area (Å²) in [6.45, 7) is 5.07. The number of nitrogens with one attached hydrogen (secondary N) is 1. The second kappa shape index (κ2) is 10.1. The third kappa shape index (κ3) is 5.44. The number of hydrogen-bond acceptors (Lipinski definition) is 7. The first-order valence-corrected chi connectivity index (χ1v) is 12.4. The molecule has 2 aliphatic rings. The average molecular weight is 447 g/mol. The van der Waals surface area contributed by atoms with Crippen LogP contribution in [0, 0.1) is 12.8 Å². The van der Waals surface area contributed by atoms with Gasteiger partial charge in [-0.05, 0) is 52.6 Å². The largest absolute Gasteiger partial charge is 0.356 e. The number of aromatic nitrogens is 3. The van der Waals surface area contributed by atoms with Crippen LogP contribution in [0.4, 0.5) is 5.13 Å². The number of piperidine rings is 1. The minimum atomic E-state index is -0.158. The van der Waals surface area contributed by atoms with E-state index in [9.17, 15) is 9.59 Å². The molecule has 1 saturated carbocycles. The lowest BCUT2D eigenvalue weighted by Gasteiger charge is -2.32.